The molecule has 1 atom stereocenters. The number of ether oxygens (including phenoxy) is 1. The molecule has 0 N–H and O–H groups in total. The fraction of sp³-hybridized carbons (Fsp3) is 0.413. The van der Waals surface area contributed by atoms with Gasteiger partial charge in [-0.2, -0.15) is 0 Å². The van der Waals surface area contributed by atoms with Gasteiger partial charge in [0, 0.05) is 12.5 Å². The molecule has 0 saturated carbocycles. The number of esters is 1. The smallest absolute Gasteiger partial charge is 0.337 e. The summed E-state index contributed by atoms with van der Waals surface area (Å²) in [5.41, 5.74) is -0.0958. The first-order valence-corrected chi connectivity index (χ1v) is 22.8. The molecule has 0 spiro atoms. The van der Waals surface area contributed by atoms with Crippen molar-refractivity contribution < 1.29 is 18.4 Å². The summed E-state index contributed by atoms with van der Waals surface area (Å²) in [5, 5.41) is 4.53. The Balaban J connectivity index is 1.77. The summed E-state index contributed by atoms with van der Waals surface area (Å²) in [5.74, 6) is 0.375. The van der Waals surface area contributed by atoms with Crippen molar-refractivity contribution in [3.8, 4) is 0 Å². The molecular formula is C46H62O4Si2. The van der Waals surface area contributed by atoms with Gasteiger partial charge in [0.05, 0.1) is 11.3 Å². The zero-order valence-electron chi connectivity index (χ0n) is 33.6. The van der Waals surface area contributed by atoms with E-state index in [2.05, 4.69) is 170 Å². The second-order valence-electron chi connectivity index (χ2n) is 17.0. The van der Waals surface area contributed by atoms with Crippen molar-refractivity contribution in [3.63, 3.8) is 0 Å². The van der Waals surface area contributed by atoms with Crippen LogP contribution in [-0.2, 0) is 18.4 Å². The van der Waals surface area contributed by atoms with Crippen LogP contribution in [0, 0.1) is 0 Å². The van der Waals surface area contributed by atoms with Crippen molar-refractivity contribution in [2.24, 2.45) is 0 Å². The molecule has 278 valence electrons. The Hall–Kier alpha value is -3.72. The van der Waals surface area contributed by atoms with E-state index in [4.69, 9.17) is 13.6 Å². The molecule has 0 radical (unpaired) electrons. The van der Waals surface area contributed by atoms with E-state index in [9.17, 15) is 4.79 Å². The molecule has 0 bridgehead atoms. The van der Waals surface area contributed by atoms with Crippen LogP contribution in [0.1, 0.15) is 102 Å². The van der Waals surface area contributed by atoms with E-state index in [1.165, 1.54) is 20.7 Å². The lowest BCUT2D eigenvalue weighted by Crippen LogP contribution is -2.67. The highest BCUT2D eigenvalue weighted by Gasteiger charge is 2.53. The summed E-state index contributed by atoms with van der Waals surface area (Å²) in [7, 11) is -5.75. The monoisotopic (exact) mass is 734 g/mol. The van der Waals surface area contributed by atoms with Crippen LogP contribution in [-0.4, -0.2) is 34.3 Å². The maximum Gasteiger partial charge on any atom is 0.337 e. The minimum absolute atomic E-state index is 0.0160. The van der Waals surface area contributed by atoms with Gasteiger partial charge in [0.25, 0.3) is 8.32 Å². The van der Waals surface area contributed by atoms with E-state index in [1.807, 2.05) is 27.7 Å². The van der Waals surface area contributed by atoms with E-state index >= 15 is 0 Å². The summed E-state index contributed by atoms with van der Waals surface area (Å²) in [6.07, 6.45) is 3.11. The van der Waals surface area contributed by atoms with Crippen LogP contribution < -0.4 is 20.7 Å². The standard InChI is InChI=1S/C46H62O4Si2/c1-12-37(49-51(45(6,7)8,38-27-17-13-18-28-38)39-29-19-14-20-30-39)26-25-35-42(36(2)43(47)48-44(3,4)5)50-52(46(9,10)11,40-31-21-15-22-32-40)41-33-23-16-24-34-41/h13-24,27-34,37H,12,25-26,35H2,1-11H3/b42-36-. The molecule has 0 aromatic heterocycles. The molecule has 0 aliphatic heterocycles. The highest BCUT2D eigenvalue weighted by atomic mass is 28.4. The minimum atomic E-state index is -3.01. The zero-order chi connectivity index (χ0) is 38.2. The van der Waals surface area contributed by atoms with Crippen molar-refractivity contribution >= 4 is 43.4 Å². The normalized spacial score (nSPS) is 14.0. The van der Waals surface area contributed by atoms with Crippen LogP contribution in [0.25, 0.3) is 0 Å². The number of hydrogen-bond acceptors (Lipinski definition) is 4. The SMILES string of the molecule is CCC(CCC/C(O[Si](c1ccccc1)(c1ccccc1)C(C)(C)C)=C(\C)C(=O)OC(C)(C)C)O[Si](c1ccccc1)(c1ccccc1)C(C)(C)C. The van der Waals surface area contributed by atoms with Gasteiger partial charge in [-0.05, 0) is 77.8 Å². The average Bonchev–Trinajstić information content (AvgIpc) is 3.10. The van der Waals surface area contributed by atoms with Gasteiger partial charge in [0.15, 0.2) is 0 Å². The molecule has 0 aliphatic carbocycles. The third-order valence-electron chi connectivity index (χ3n) is 9.96. The lowest BCUT2D eigenvalue weighted by Gasteiger charge is -2.45. The molecule has 1 unspecified atom stereocenters. The Morgan fingerprint density at radius 3 is 1.29 bits per heavy atom. The molecule has 0 fully saturated rings. The Morgan fingerprint density at radius 1 is 0.596 bits per heavy atom. The topological polar surface area (TPSA) is 44.8 Å². The molecule has 4 rings (SSSR count). The number of benzene rings is 4. The average molecular weight is 735 g/mol. The van der Waals surface area contributed by atoms with E-state index in [-0.39, 0.29) is 22.1 Å². The van der Waals surface area contributed by atoms with Crippen molar-refractivity contribution in [2.45, 2.75) is 124 Å². The van der Waals surface area contributed by atoms with Crippen LogP contribution in [0.4, 0.5) is 0 Å². The van der Waals surface area contributed by atoms with Crippen LogP contribution in [0.3, 0.4) is 0 Å². The van der Waals surface area contributed by atoms with E-state index in [0.717, 1.165) is 19.3 Å². The van der Waals surface area contributed by atoms with Gasteiger partial charge in [-0.25, -0.2) is 4.79 Å². The minimum Gasteiger partial charge on any atom is -0.537 e. The number of allylic oxidation sites excluding steroid dienone is 1. The van der Waals surface area contributed by atoms with Crippen molar-refractivity contribution in [1.82, 2.24) is 0 Å². The van der Waals surface area contributed by atoms with Crippen LogP contribution in [0.15, 0.2) is 133 Å². The largest absolute Gasteiger partial charge is 0.537 e. The molecule has 0 aliphatic rings. The zero-order valence-corrected chi connectivity index (χ0v) is 35.6. The van der Waals surface area contributed by atoms with Crippen molar-refractivity contribution in [2.75, 3.05) is 0 Å². The van der Waals surface area contributed by atoms with Crippen LogP contribution >= 0.6 is 0 Å². The summed E-state index contributed by atoms with van der Waals surface area (Å²) < 4.78 is 21.1. The first-order valence-electron chi connectivity index (χ1n) is 19.0. The lowest BCUT2D eigenvalue weighted by molar-refractivity contribution is -0.150. The fourth-order valence-corrected chi connectivity index (χ4v) is 16.8. The Morgan fingerprint density at radius 2 is 0.962 bits per heavy atom. The second kappa shape index (κ2) is 17.0. The number of hydrogen-bond donors (Lipinski definition) is 0. The van der Waals surface area contributed by atoms with Gasteiger partial charge in [0.1, 0.15) is 5.60 Å². The molecule has 0 amide bonds. The van der Waals surface area contributed by atoms with Crippen molar-refractivity contribution in [3.05, 3.63) is 133 Å². The number of carbonyl (C=O) groups excluding carboxylic acids is 1. The van der Waals surface area contributed by atoms with E-state index < -0.39 is 22.2 Å². The molecule has 6 heteroatoms. The highest BCUT2D eigenvalue weighted by Crippen LogP contribution is 2.41. The molecule has 4 aromatic rings. The summed E-state index contributed by atoms with van der Waals surface area (Å²) in [4.78, 5) is 13.8. The predicted molar refractivity (Wildman–Crippen MR) is 224 cm³/mol. The molecule has 4 aromatic carbocycles. The van der Waals surface area contributed by atoms with E-state index in [0.29, 0.717) is 17.8 Å². The Kier molecular flexibility index (Phi) is 13.4. The first-order chi connectivity index (χ1) is 24.5. The Labute approximate surface area is 316 Å². The molecule has 0 heterocycles. The Bertz CT molecular complexity index is 1650. The summed E-state index contributed by atoms with van der Waals surface area (Å²) in [6.45, 7) is 23.6. The van der Waals surface area contributed by atoms with Crippen molar-refractivity contribution in [1.29, 1.82) is 0 Å². The second-order valence-corrected chi connectivity index (χ2v) is 25.5. The first kappa shape index (κ1) is 41.0. The number of carbonyl (C=O) groups is 1. The summed E-state index contributed by atoms with van der Waals surface area (Å²) in [6, 6.07) is 42.9. The lowest BCUT2D eigenvalue weighted by atomic mass is 10.1. The van der Waals surface area contributed by atoms with Gasteiger partial charge < -0.3 is 13.6 Å². The van der Waals surface area contributed by atoms with E-state index in [1.54, 1.807) is 0 Å². The maximum atomic E-state index is 13.8. The van der Waals surface area contributed by atoms with Gasteiger partial charge in [-0.1, -0.05) is 170 Å². The van der Waals surface area contributed by atoms with Gasteiger partial charge in [0.2, 0.25) is 0 Å². The quantitative estimate of drug-likeness (QED) is 0.0560. The molecular weight excluding hydrogens is 673 g/mol. The number of rotatable bonds is 14. The van der Waals surface area contributed by atoms with Gasteiger partial charge >= 0.3 is 14.3 Å². The van der Waals surface area contributed by atoms with Gasteiger partial charge in [-0.15, -0.1) is 0 Å². The molecule has 52 heavy (non-hydrogen) atoms. The van der Waals surface area contributed by atoms with Gasteiger partial charge in [-0.3, -0.25) is 0 Å². The summed E-state index contributed by atoms with van der Waals surface area (Å²) >= 11 is 0. The highest BCUT2D eigenvalue weighted by molar-refractivity contribution is 7.00. The van der Waals surface area contributed by atoms with Crippen LogP contribution in [0.2, 0.25) is 10.1 Å². The molecule has 0 saturated heterocycles. The fourth-order valence-electron chi connectivity index (χ4n) is 7.40. The predicted octanol–water partition coefficient (Wildman–Crippen LogP) is 9.70. The molecule has 4 nitrogen and oxygen atoms in total. The van der Waals surface area contributed by atoms with Crippen LogP contribution in [0.5, 0.6) is 0 Å². The maximum absolute atomic E-state index is 13.8. The third kappa shape index (κ3) is 9.25. The third-order valence-corrected chi connectivity index (χ3v) is 20.0.